The van der Waals surface area contributed by atoms with Crippen LogP contribution in [0.25, 0.3) is 11.0 Å². The van der Waals surface area contributed by atoms with Gasteiger partial charge in [0.15, 0.2) is 5.78 Å². The Morgan fingerprint density at radius 2 is 1.80 bits per heavy atom. The zero-order valence-electron chi connectivity index (χ0n) is 22.9. The zero-order valence-corrected chi connectivity index (χ0v) is 23.7. The summed E-state index contributed by atoms with van der Waals surface area (Å²) >= 11 is 6.51. The molecule has 6 rings (SSSR count). The lowest BCUT2D eigenvalue weighted by Crippen LogP contribution is -2.61. The van der Waals surface area contributed by atoms with Crippen molar-refractivity contribution in [3.05, 3.63) is 77.2 Å². The Morgan fingerprint density at radius 3 is 2.41 bits per heavy atom. The smallest absolute Gasteiger partial charge is 0.475 e. The van der Waals surface area contributed by atoms with Gasteiger partial charge in [-0.15, -0.1) is 0 Å². The van der Waals surface area contributed by atoms with Crippen LogP contribution in [-0.4, -0.2) is 87.3 Å². The number of ketones is 1. The van der Waals surface area contributed by atoms with Gasteiger partial charge in [-0.25, -0.2) is 19.2 Å². The molecule has 4 aromatic rings. The minimum atomic E-state index is -5.08. The largest absolute Gasteiger partial charge is 0.490 e. The van der Waals surface area contributed by atoms with Gasteiger partial charge in [0.2, 0.25) is 0 Å². The number of piperidine rings is 1. The van der Waals surface area contributed by atoms with Crippen LogP contribution in [0.4, 0.5) is 23.4 Å². The van der Waals surface area contributed by atoms with Crippen LogP contribution < -0.4 is 15.4 Å². The molecule has 15 heteroatoms. The van der Waals surface area contributed by atoms with Gasteiger partial charge in [0.1, 0.15) is 35.5 Å². The summed E-state index contributed by atoms with van der Waals surface area (Å²) in [7, 11) is 0. The summed E-state index contributed by atoms with van der Waals surface area (Å²) in [6, 6.07) is 14.3. The Bertz CT molecular complexity index is 1630. The van der Waals surface area contributed by atoms with E-state index >= 15 is 4.39 Å². The van der Waals surface area contributed by atoms with E-state index in [-0.39, 0.29) is 10.8 Å². The molecule has 10 nitrogen and oxygen atoms in total. The molecule has 2 atom stereocenters. The Labute approximate surface area is 253 Å². The molecule has 0 unspecified atom stereocenters. The van der Waals surface area contributed by atoms with Crippen LogP contribution in [0.2, 0.25) is 5.02 Å². The minimum Gasteiger partial charge on any atom is -0.475 e. The number of anilines is 1. The molecule has 2 saturated heterocycles. The molecule has 0 radical (unpaired) electrons. The number of ether oxygens (including phenoxy) is 1. The van der Waals surface area contributed by atoms with E-state index in [4.69, 9.17) is 26.2 Å². The minimum absolute atomic E-state index is 0.265. The van der Waals surface area contributed by atoms with Crippen molar-refractivity contribution in [1.29, 1.82) is 0 Å². The van der Waals surface area contributed by atoms with Crippen molar-refractivity contribution in [3.8, 4) is 11.5 Å². The van der Waals surface area contributed by atoms with Gasteiger partial charge >= 0.3 is 12.1 Å². The molecule has 2 aliphatic heterocycles. The van der Waals surface area contributed by atoms with E-state index in [9.17, 15) is 18.0 Å². The number of hydrogen-bond acceptors (Lipinski definition) is 8. The third-order valence-electron chi connectivity index (χ3n) is 7.29. The number of alkyl halides is 4. The van der Waals surface area contributed by atoms with Crippen molar-refractivity contribution >= 4 is 40.2 Å². The normalized spacial score (nSPS) is 19.0. The molecule has 232 valence electrons. The van der Waals surface area contributed by atoms with E-state index in [0.717, 1.165) is 19.6 Å². The van der Waals surface area contributed by atoms with Crippen molar-refractivity contribution in [3.63, 3.8) is 0 Å². The maximum atomic E-state index is 15.1. The fourth-order valence-electron chi connectivity index (χ4n) is 4.89. The Hall–Kier alpha value is -4.27. The van der Waals surface area contributed by atoms with Crippen LogP contribution in [0.1, 0.15) is 22.3 Å². The average Bonchev–Trinajstić information content (AvgIpc) is 3.39. The third kappa shape index (κ3) is 7.09. The van der Waals surface area contributed by atoms with Gasteiger partial charge in [0, 0.05) is 50.0 Å². The molecule has 0 aliphatic carbocycles. The van der Waals surface area contributed by atoms with Crippen molar-refractivity contribution in [2.45, 2.75) is 30.9 Å². The van der Waals surface area contributed by atoms with E-state index in [1.165, 1.54) is 6.33 Å². The van der Waals surface area contributed by atoms with E-state index < -0.39 is 24.4 Å². The Balaban J connectivity index is 0.000000493. The first-order valence-corrected chi connectivity index (χ1v) is 13.9. The second-order valence-corrected chi connectivity index (χ2v) is 10.6. The van der Waals surface area contributed by atoms with Crippen LogP contribution in [0, 0.1) is 0 Å². The van der Waals surface area contributed by atoms with Gasteiger partial charge in [-0.1, -0.05) is 29.8 Å². The lowest BCUT2D eigenvalue weighted by molar-refractivity contribution is -0.192. The molecule has 0 spiro atoms. The first-order chi connectivity index (χ1) is 21.0. The average molecular weight is 635 g/mol. The molecule has 2 aromatic carbocycles. The number of carbonyl (C=O) groups excluding carboxylic acids is 1. The van der Waals surface area contributed by atoms with Crippen LogP contribution in [-0.2, 0) is 4.79 Å². The van der Waals surface area contributed by atoms with Crippen LogP contribution in [0.15, 0.2) is 61.1 Å². The number of para-hydroxylation sites is 1. The first-order valence-electron chi connectivity index (χ1n) is 13.6. The number of aliphatic carboxylic acids is 1. The topological polar surface area (TPSA) is 132 Å². The SMILES string of the molecule is O=C(O)C(F)(F)F.O=C(c1ccc(Oc2ccccc2)cc1Cl)c1c[nH]c2ncnc(N[C@@H]3CCN(C4CNC4)C[C@H]3F)c12. The number of aromatic amines is 1. The lowest BCUT2D eigenvalue weighted by atomic mass is 9.99. The fraction of sp³-hybridized carbons (Fsp3) is 0.310. The molecular formula is C29H27ClF4N6O4. The lowest BCUT2D eigenvalue weighted by Gasteiger charge is -2.43. The molecule has 2 aliphatic rings. The Morgan fingerprint density at radius 1 is 1.07 bits per heavy atom. The van der Waals surface area contributed by atoms with Crippen LogP contribution >= 0.6 is 11.6 Å². The fourth-order valence-corrected chi connectivity index (χ4v) is 5.15. The van der Waals surface area contributed by atoms with Gasteiger partial charge in [-0.2, -0.15) is 13.2 Å². The predicted molar refractivity (Wildman–Crippen MR) is 154 cm³/mol. The number of nitrogens with zero attached hydrogens (tertiary/aromatic N) is 3. The number of H-pyrrole nitrogens is 1. The van der Waals surface area contributed by atoms with Gasteiger partial charge in [0.05, 0.1) is 22.0 Å². The summed E-state index contributed by atoms with van der Waals surface area (Å²) < 4.78 is 52.7. The molecule has 2 aromatic heterocycles. The number of hydrogen-bond donors (Lipinski definition) is 4. The van der Waals surface area contributed by atoms with Gasteiger partial charge < -0.3 is 25.5 Å². The molecule has 0 saturated carbocycles. The molecule has 44 heavy (non-hydrogen) atoms. The highest BCUT2D eigenvalue weighted by molar-refractivity contribution is 6.35. The Kier molecular flexibility index (Phi) is 9.32. The number of carboxylic acid groups (broad SMARTS) is 1. The third-order valence-corrected chi connectivity index (χ3v) is 7.61. The summed E-state index contributed by atoms with van der Waals surface area (Å²) in [4.78, 5) is 36.3. The quantitative estimate of drug-likeness (QED) is 0.163. The van der Waals surface area contributed by atoms with Crippen molar-refractivity contribution in [2.75, 3.05) is 31.5 Å². The molecular weight excluding hydrogens is 608 g/mol. The van der Waals surface area contributed by atoms with E-state index in [1.807, 2.05) is 30.3 Å². The summed E-state index contributed by atoms with van der Waals surface area (Å²) in [5, 5.41) is 14.4. The number of aromatic nitrogens is 3. The first kappa shape index (κ1) is 31.2. The highest BCUT2D eigenvalue weighted by Crippen LogP contribution is 2.32. The standard InChI is InChI=1S/C27H26ClFN6O2.C2HF3O2/c28-21-10-18(37-17-4-2-1-3-5-17)6-7-19(21)25(36)20-13-31-26-24(20)27(33-15-32-26)34-23-8-9-35(14-22(23)29)16-11-30-12-16;3-2(4,5)1(6)7/h1-7,10,13,15-16,22-23,30H,8-9,11-12,14H2,(H2,31,32,33,34);(H,6,7)/t22-,23-;/m1./s1. The van der Waals surface area contributed by atoms with Crippen molar-refractivity contribution in [2.24, 2.45) is 0 Å². The maximum absolute atomic E-state index is 15.1. The maximum Gasteiger partial charge on any atom is 0.490 e. The summed E-state index contributed by atoms with van der Waals surface area (Å²) in [5.74, 6) is -1.42. The number of nitrogens with one attached hydrogen (secondary N) is 3. The van der Waals surface area contributed by atoms with E-state index in [0.29, 0.717) is 58.5 Å². The number of rotatable bonds is 7. The monoisotopic (exact) mass is 634 g/mol. The number of likely N-dealkylation sites (tertiary alicyclic amines) is 1. The van der Waals surface area contributed by atoms with Crippen LogP contribution in [0.3, 0.4) is 0 Å². The highest BCUT2D eigenvalue weighted by Gasteiger charge is 2.38. The number of fused-ring (bicyclic) bond motifs is 1. The number of halogens is 5. The van der Waals surface area contributed by atoms with Gasteiger partial charge in [-0.3, -0.25) is 9.69 Å². The summed E-state index contributed by atoms with van der Waals surface area (Å²) in [5.41, 5.74) is 1.18. The number of benzene rings is 2. The molecule has 0 amide bonds. The highest BCUT2D eigenvalue weighted by atomic mass is 35.5. The van der Waals surface area contributed by atoms with Gasteiger partial charge in [0.25, 0.3) is 0 Å². The zero-order chi connectivity index (χ0) is 31.4. The molecule has 0 bridgehead atoms. The van der Waals surface area contributed by atoms with Crippen molar-refractivity contribution in [1.82, 2.24) is 25.2 Å². The number of carbonyl (C=O) groups is 2. The second kappa shape index (κ2) is 13.2. The predicted octanol–water partition coefficient (Wildman–Crippen LogP) is 5.06. The second-order valence-electron chi connectivity index (χ2n) is 10.2. The van der Waals surface area contributed by atoms with Crippen LogP contribution in [0.5, 0.6) is 11.5 Å². The van der Waals surface area contributed by atoms with E-state index in [1.54, 1.807) is 24.4 Å². The molecule has 4 heterocycles. The molecule has 2 fully saturated rings. The summed E-state index contributed by atoms with van der Waals surface area (Å²) in [6.45, 7) is 3.01. The number of carboxylic acids is 1. The van der Waals surface area contributed by atoms with Crippen molar-refractivity contribution < 1.29 is 37.0 Å². The summed E-state index contributed by atoms with van der Waals surface area (Å²) in [6.07, 6.45) is -2.49. The van der Waals surface area contributed by atoms with Gasteiger partial charge in [-0.05, 0) is 30.7 Å². The van der Waals surface area contributed by atoms with E-state index in [2.05, 4.69) is 30.5 Å². The molecule has 4 N–H and O–H groups in total.